The average Bonchev–Trinajstić information content (AvgIpc) is 3.08. The number of likely N-dealkylation sites (N-methyl/N-ethyl adjacent to an activating group) is 1. The number of anilines is 1. The highest BCUT2D eigenvalue weighted by atomic mass is 16.3. The van der Waals surface area contributed by atoms with E-state index in [2.05, 4.69) is 29.6 Å². The molecule has 4 nitrogen and oxygen atoms in total. The Morgan fingerprint density at radius 2 is 1.91 bits per heavy atom. The monoisotopic (exact) mass is 308 g/mol. The molecule has 118 valence electrons. The van der Waals surface area contributed by atoms with E-state index in [9.17, 15) is 4.79 Å². The summed E-state index contributed by atoms with van der Waals surface area (Å²) in [4.78, 5) is 14.1. The highest BCUT2D eigenvalue weighted by molar-refractivity contribution is 5.87. The predicted octanol–water partition coefficient (Wildman–Crippen LogP) is 3.75. The predicted molar refractivity (Wildman–Crippen MR) is 92.5 cm³/mol. The summed E-state index contributed by atoms with van der Waals surface area (Å²) in [6, 6.07) is 17.9. The Bertz CT molecular complexity index is 796. The topological polar surface area (TPSA) is 45.5 Å². The summed E-state index contributed by atoms with van der Waals surface area (Å²) in [6.07, 6.45) is 1.61. The minimum absolute atomic E-state index is 0.0374. The van der Waals surface area contributed by atoms with Crippen LogP contribution in [0.4, 0.5) is 5.69 Å². The van der Waals surface area contributed by atoms with Crippen LogP contribution >= 0.6 is 0 Å². The van der Waals surface area contributed by atoms with Crippen LogP contribution < -0.4 is 10.2 Å². The van der Waals surface area contributed by atoms with Gasteiger partial charge in [0.1, 0.15) is 5.76 Å². The molecule has 1 atom stereocenters. The molecule has 1 N–H and O–H groups in total. The number of nitrogens with one attached hydrogen (secondary N) is 1. The van der Waals surface area contributed by atoms with Gasteiger partial charge in [0.25, 0.3) is 0 Å². The van der Waals surface area contributed by atoms with Crippen LogP contribution in [0.2, 0.25) is 0 Å². The van der Waals surface area contributed by atoms with Gasteiger partial charge < -0.3 is 14.6 Å². The molecule has 0 aliphatic rings. The molecule has 0 saturated heterocycles. The molecule has 23 heavy (non-hydrogen) atoms. The van der Waals surface area contributed by atoms with E-state index in [4.69, 9.17) is 4.42 Å². The summed E-state index contributed by atoms with van der Waals surface area (Å²) in [5, 5.41) is 5.31. The lowest BCUT2D eigenvalue weighted by Gasteiger charge is -2.20. The number of fused-ring (bicyclic) bond motifs is 1. The molecule has 3 rings (SSSR count). The third-order valence-electron chi connectivity index (χ3n) is 3.90. The maximum Gasteiger partial charge on any atom is 0.240 e. The summed E-state index contributed by atoms with van der Waals surface area (Å²) < 4.78 is 5.31. The molecule has 1 aromatic heterocycles. The minimum atomic E-state index is -0.137. The van der Waals surface area contributed by atoms with Crippen molar-refractivity contribution in [3.05, 3.63) is 66.6 Å². The summed E-state index contributed by atoms with van der Waals surface area (Å²) in [5.41, 5.74) is 1.02. The number of furan rings is 1. The van der Waals surface area contributed by atoms with Crippen molar-refractivity contribution in [1.29, 1.82) is 0 Å². The smallest absolute Gasteiger partial charge is 0.240 e. The van der Waals surface area contributed by atoms with E-state index in [1.807, 2.05) is 49.2 Å². The maximum atomic E-state index is 12.2. The van der Waals surface area contributed by atoms with E-state index in [0.29, 0.717) is 6.54 Å². The van der Waals surface area contributed by atoms with Crippen LogP contribution in [-0.2, 0) is 4.79 Å². The standard InChI is InChI=1S/C19H20N2O2/c1-14(18-8-5-11-23-18)20-19(22)13-21(2)17-10-9-15-6-3-4-7-16(15)12-17/h3-12,14H,13H2,1-2H3,(H,20,22)/t14-/m1/s1. The molecule has 0 fully saturated rings. The summed E-state index contributed by atoms with van der Waals surface area (Å²) in [5.74, 6) is 0.719. The summed E-state index contributed by atoms with van der Waals surface area (Å²) in [6.45, 7) is 2.20. The lowest BCUT2D eigenvalue weighted by Crippen LogP contribution is -2.36. The van der Waals surface area contributed by atoms with Gasteiger partial charge in [-0.1, -0.05) is 30.3 Å². The molecule has 3 aromatic rings. The lowest BCUT2D eigenvalue weighted by atomic mass is 10.1. The van der Waals surface area contributed by atoms with Crippen molar-refractivity contribution >= 4 is 22.4 Å². The van der Waals surface area contributed by atoms with E-state index in [1.165, 1.54) is 10.8 Å². The zero-order valence-electron chi connectivity index (χ0n) is 13.3. The SMILES string of the molecule is C[C@@H](NC(=O)CN(C)c1ccc2ccccc2c1)c1ccco1. The van der Waals surface area contributed by atoms with Gasteiger partial charge in [-0.05, 0) is 42.0 Å². The van der Waals surface area contributed by atoms with Gasteiger partial charge in [-0.25, -0.2) is 0 Å². The molecule has 1 amide bonds. The summed E-state index contributed by atoms with van der Waals surface area (Å²) in [7, 11) is 1.92. The molecular weight excluding hydrogens is 288 g/mol. The van der Waals surface area contributed by atoms with Crippen molar-refractivity contribution in [3.8, 4) is 0 Å². The van der Waals surface area contributed by atoms with Gasteiger partial charge in [0.2, 0.25) is 5.91 Å². The normalized spacial score (nSPS) is 12.1. The number of nitrogens with zero attached hydrogens (tertiary/aromatic N) is 1. The molecule has 0 aliphatic carbocycles. The van der Waals surface area contributed by atoms with Crippen molar-refractivity contribution < 1.29 is 9.21 Å². The van der Waals surface area contributed by atoms with Crippen LogP contribution in [0, 0.1) is 0 Å². The number of rotatable bonds is 5. The van der Waals surface area contributed by atoms with Crippen LogP contribution in [0.5, 0.6) is 0 Å². The maximum absolute atomic E-state index is 12.2. The number of hydrogen-bond acceptors (Lipinski definition) is 3. The van der Waals surface area contributed by atoms with E-state index in [1.54, 1.807) is 6.26 Å². The number of benzene rings is 2. The third kappa shape index (κ3) is 3.54. The minimum Gasteiger partial charge on any atom is -0.467 e. The van der Waals surface area contributed by atoms with Crippen LogP contribution in [0.1, 0.15) is 18.7 Å². The van der Waals surface area contributed by atoms with E-state index in [0.717, 1.165) is 11.4 Å². The van der Waals surface area contributed by atoms with Gasteiger partial charge in [-0.3, -0.25) is 4.79 Å². The first-order valence-corrected chi connectivity index (χ1v) is 7.66. The Labute approximate surface area is 135 Å². The number of hydrogen-bond donors (Lipinski definition) is 1. The van der Waals surface area contributed by atoms with Crippen molar-refractivity contribution in [2.45, 2.75) is 13.0 Å². The quantitative estimate of drug-likeness (QED) is 0.781. The highest BCUT2D eigenvalue weighted by Crippen LogP contribution is 2.21. The zero-order valence-corrected chi connectivity index (χ0v) is 13.3. The highest BCUT2D eigenvalue weighted by Gasteiger charge is 2.13. The Kier molecular flexibility index (Phi) is 4.33. The lowest BCUT2D eigenvalue weighted by molar-refractivity contribution is -0.120. The first-order chi connectivity index (χ1) is 11.1. The van der Waals surface area contributed by atoms with Gasteiger partial charge in [-0.2, -0.15) is 0 Å². The molecule has 2 aromatic carbocycles. The van der Waals surface area contributed by atoms with Crippen molar-refractivity contribution in [1.82, 2.24) is 5.32 Å². The molecule has 0 radical (unpaired) electrons. The van der Waals surface area contributed by atoms with Crippen LogP contribution in [-0.4, -0.2) is 19.5 Å². The second-order valence-electron chi connectivity index (χ2n) is 5.69. The van der Waals surface area contributed by atoms with Crippen LogP contribution in [0.25, 0.3) is 10.8 Å². The average molecular weight is 308 g/mol. The fourth-order valence-corrected chi connectivity index (χ4v) is 2.62. The van der Waals surface area contributed by atoms with Crippen LogP contribution in [0.15, 0.2) is 65.3 Å². The van der Waals surface area contributed by atoms with Gasteiger partial charge in [0, 0.05) is 12.7 Å². The fraction of sp³-hybridized carbons (Fsp3) is 0.211. The van der Waals surface area contributed by atoms with E-state index < -0.39 is 0 Å². The van der Waals surface area contributed by atoms with Gasteiger partial charge in [-0.15, -0.1) is 0 Å². The number of amides is 1. The van der Waals surface area contributed by atoms with Gasteiger partial charge in [0.05, 0.1) is 18.8 Å². The van der Waals surface area contributed by atoms with E-state index in [-0.39, 0.29) is 11.9 Å². The second-order valence-corrected chi connectivity index (χ2v) is 5.69. The molecule has 0 unspecified atom stereocenters. The Morgan fingerprint density at radius 1 is 1.13 bits per heavy atom. The molecule has 0 aliphatic heterocycles. The Hall–Kier alpha value is -2.75. The number of carbonyl (C=O) groups is 1. The van der Waals surface area contributed by atoms with Crippen molar-refractivity contribution in [3.63, 3.8) is 0 Å². The third-order valence-corrected chi connectivity index (χ3v) is 3.90. The van der Waals surface area contributed by atoms with Crippen molar-refractivity contribution in [2.24, 2.45) is 0 Å². The van der Waals surface area contributed by atoms with Gasteiger partial charge in [0.15, 0.2) is 0 Å². The first kappa shape index (κ1) is 15.2. The fourth-order valence-electron chi connectivity index (χ4n) is 2.62. The molecule has 0 bridgehead atoms. The Balaban J connectivity index is 1.65. The first-order valence-electron chi connectivity index (χ1n) is 7.66. The summed E-state index contributed by atoms with van der Waals surface area (Å²) >= 11 is 0. The molecular formula is C19H20N2O2. The molecule has 0 spiro atoms. The largest absolute Gasteiger partial charge is 0.467 e. The van der Waals surface area contributed by atoms with Crippen LogP contribution in [0.3, 0.4) is 0 Å². The molecule has 1 heterocycles. The van der Waals surface area contributed by atoms with E-state index >= 15 is 0 Å². The van der Waals surface area contributed by atoms with Gasteiger partial charge >= 0.3 is 0 Å². The zero-order chi connectivity index (χ0) is 16.2. The second kappa shape index (κ2) is 6.57. The molecule has 0 saturated carbocycles. The number of carbonyl (C=O) groups excluding carboxylic acids is 1. The molecule has 4 heteroatoms. The Morgan fingerprint density at radius 3 is 2.65 bits per heavy atom. The van der Waals surface area contributed by atoms with Crippen molar-refractivity contribution in [2.75, 3.05) is 18.5 Å².